The highest BCUT2D eigenvalue weighted by atomic mass is 16.5. The molecule has 0 heterocycles. The van der Waals surface area contributed by atoms with Gasteiger partial charge in [-0.2, -0.15) is 0 Å². The van der Waals surface area contributed by atoms with E-state index in [0.717, 1.165) is 32.1 Å². The normalized spacial score (nSPS) is 39.7. The Morgan fingerprint density at radius 3 is 2.48 bits per heavy atom. The standard InChI is InChI=1S/C20H28O3/c1-18(14-21)9-15-10-19(2,17(22)23-3)13-20(11-15,12-18)16-7-5-4-6-8-16/h4-8,15,21H,9-14H2,1-3H3. The summed E-state index contributed by atoms with van der Waals surface area (Å²) in [5, 5.41) is 9.96. The maximum atomic E-state index is 12.5. The highest BCUT2D eigenvalue weighted by Gasteiger charge is 2.56. The van der Waals surface area contributed by atoms with Crippen LogP contribution in [0.3, 0.4) is 0 Å². The second-order valence-corrected chi connectivity index (χ2v) is 8.50. The molecule has 0 aromatic heterocycles. The molecule has 2 saturated carbocycles. The Labute approximate surface area is 139 Å². The van der Waals surface area contributed by atoms with Crippen molar-refractivity contribution in [3.05, 3.63) is 35.9 Å². The quantitative estimate of drug-likeness (QED) is 0.865. The number of ether oxygens (including phenoxy) is 1. The predicted molar refractivity (Wildman–Crippen MR) is 90.0 cm³/mol. The summed E-state index contributed by atoms with van der Waals surface area (Å²) in [6.45, 7) is 4.47. The predicted octanol–water partition coefficient (Wildman–Crippen LogP) is 3.70. The zero-order chi connectivity index (χ0) is 16.7. The number of aliphatic hydroxyl groups is 1. The zero-order valence-corrected chi connectivity index (χ0v) is 14.5. The topological polar surface area (TPSA) is 46.5 Å². The van der Waals surface area contributed by atoms with Gasteiger partial charge in [0, 0.05) is 6.61 Å². The number of fused-ring (bicyclic) bond motifs is 2. The molecule has 2 bridgehead atoms. The molecule has 0 saturated heterocycles. The molecule has 2 aliphatic rings. The molecule has 126 valence electrons. The van der Waals surface area contributed by atoms with Gasteiger partial charge in [-0.15, -0.1) is 0 Å². The lowest BCUT2D eigenvalue weighted by Gasteiger charge is -2.57. The largest absolute Gasteiger partial charge is 0.469 e. The Balaban J connectivity index is 2.05. The summed E-state index contributed by atoms with van der Waals surface area (Å²) in [5.41, 5.74) is 0.780. The van der Waals surface area contributed by atoms with E-state index in [9.17, 15) is 9.90 Å². The van der Waals surface area contributed by atoms with Crippen LogP contribution in [-0.4, -0.2) is 24.8 Å². The molecule has 0 radical (unpaired) electrons. The number of hydrogen-bond donors (Lipinski definition) is 1. The van der Waals surface area contributed by atoms with Gasteiger partial charge in [0.05, 0.1) is 12.5 Å². The van der Waals surface area contributed by atoms with E-state index in [1.807, 2.05) is 6.07 Å². The molecule has 4 unspecified atom stereocenters. The van der Waals surface area contributed by atoms with Gasteiger partial charge in [-0.3, -0.25) is 4.79 Å². The minimum atomic E-state index is -0.426. The third kappa shape index (κ3) is 2.80. The number of methoxy groups -OCH3 is 1. The van der Waals surface area contributed by atoms with Crippen molar-refractivity contribution in [3.8, 4) is 0 Å². The zero-order valence-electron chi connectivity index (χ0n) is 14.5. The van der Waals surface area contributed by atoms with E-state index in [4.69, 9.17) is 4.74 Å². The van der Waals surface area contributed by atoms with E-state index in [-0.39, 0.29) is 23.4 Å². The van der Waals surface area contributed by atoms with Crippen molar-refractivity contribution in [3.63, 3.8) is 0 Å². The van der Waals surface area contributed by atoms with Gasteiger partial charge in [0.15, 0.2) is 0 Å². The summed E-state index contributed by atoms with van der Waals surface area (Å²) in [5.74, 6) is 0.370. The van der Waals surface area contributed by atoms with Gasteiger partial charge in [-0.1, -0.05) is 37.3 Å². The molecule has 3 nitrogen and oxygen atoms in total. The van der Waals surface area contributed by atoms with Crippen molar-refractivity contribution in [2.24, 2.45) is 16.7 Å². The molecule has 2 aliphatic carbocycles. The minimum Gasteiger partial charge on any atom is -0.469 e. The van der Waals surface area contributed by atoms with Crippen LogP contribution in [0.2, 0.25) is 0 Å². The molecule has 23 heavy (non-hydrogen) atoms. The summed E-state index contributed by atoms with van der Waals surface area (Å²) < 4.78 is 5.13. The van der Waals surface area contributed by atoms with Crippen molar-refractivity contribution < 1.29 is 14.6 Å². The number of rotatable bonds is 3. The molecule has 1 aromatic carbocycles. The third-order valence-corrected chi connectivity index (χ3v) is 6.14. The first kappa shape index (κ1) is 16.5. The number of carbonyl (C=O) groups excluding carboxylic acids is 1. The summed E-state index contributed by atoms with van der Waals surface area (Å²) in [7, 11) is 1.49. The number of hydrogen-bond acceptors (Lipinski definition) is 3. The first-order valence-electron chi connectivity index (χ1n) is 8.60. The molecule has 2 fully saturated rings. The van der Waals surface area contributed by atoms with Crippen LogP contribution in [0.4, 0.5) is 0 Å². The van der Waals surface area contributed by atoms with Gasteiger partial charge in [-0.05, 0) is 61.3 Å². The molecule has 3 heteroatoms. The summed E-state index contributed by atoms with van der Waals surface area (Å²) >= 11 is 0. The molecule has 1 N–H and O–H groups in total. The second-order valence-electron chi connectivity index (χ2n) is 8.50. The van der Waals surface area contributed by atoms with Crippen LogP contribution < -0.4 is 0 Å². The Kier molecular flexibility index (Phi) is 4.04. The summed E-state index contributed by atoms with van der Waals surface area (Å²) in [6, 6.07) is 10.6. The Bertz CT molecular complexity index is 584. The lowest BCUT2D eigenvalue weighted by molar-refractivity contribution is -0.160. The molecule has 0 amide bonds. The van der Waals surface area contributed by atoms with Crippen LogP contribution in [-0.2, 0) is 14.9 Å². The first-order chi connectivity index (χ1) is 10.8. The van der Waals surface area contributed by atoms with Gasteiger partial charge >= 0.3 is 5.97 Å². The van der Waals surface area contributed by atoms with E-state index in [1.165, 1.54) is 12.7 Å². The van der Waals surface area contributed by atoms with Crippen LogP contribution in [0.15, 0.2) is 30.3 Å². The molecule has 0 spiro atoms. The number of esters is 1. The van der Waals surface area contributed by atoms with Crippen LogP contribution in [0.5, 0.6) is 0 Å². The van der Waals surface area contributed by atoms with Gasteiger partial charge < -0.3 is 9.84 Å². The Hall–Kier alpha value is -1.35. The number of carbonyl (C=O) groups is 1. The third-order valence-electron chi connectivity index (χ3n) is 6.14. The second kappa shape index (κ2) is 5.62. The van der Waals surface area contributed by atoms with Crippen molar-refractivity contribution in [2.75, 3.05) is 13.7 Å². The van der Waals surface area contributed by atoms with E-state index in [2.05, 4.69) is 38.1 Å². The van der Waals surface area contributed by atoms with E-state index >= 15 is 0 Å². The monoisotopic (exact) mass is 316 g/mol. The van der Waals surface area contributed by atoms with Crippen molar-refractivity contribution in [1.82, 2.24) is 0 Å². The summed E-state index contributed by atoms with van der Waals surface area (Å²) in [6.07, 6.45) is 4.71. The van der Waals surface area contributed by atoms with Gasteiger partial charge in [0.1, 0.15) is 0 Å². The van der Waals surface area contributed by atoms with E-state index in [0.29, 0.717) is 5.92 Å². The van der Waals surface area contributed by atoms with Crippen LogP contribution >= 0.6 is 0 Å². The smallest absolute Gasteiger partial charge is 0.311 e. The number of benzene rings is 1. The van der Waals surface area contributed by atoms with Crippen LogP contribution in [0.25, 0.3) is 0 Å². The van der Waals surface area contributed by atoms with Crippen LogP contribution in [0.1, 0.15) is 51.5 Å². The molecular weight excluding hydrogens is 288 g/mol. The fraction of sp³-hybridized carbons (Fsp3) is 0.650. The molecule has 0 aliphatic heterocycles. The van der Waals surface area contributed by atoms with E-state index in [1.54, 1.807) is 0 Å². The van der Waals surface area contributed by atoms with Crippen molar-refractivity contribution in [1.29, 1.82) is 0 Å². The van der Waals surface area contributed by atoms with Crippen molar-refractivity contribution in [2.45, 2.75) is 51.4 Å². The molecule has 3 rings (SSSR count). The minimum absolute atomic E-state index is 0.0388. The van der Waals surface area contributed by atoms with Crippen LogP contribution in [0, 0.1) is 16.7 Å². The fourth-order valence-corrected chi connectivity index (χ4v) is 5.65. The van der Waals surface area contributed by atoms with E-state index < -0.39 is 5.41 Å². The lowest BCUT2D eigenvalue weighted by atomic mass is 9.47. The number of aliphatic hydroxyl groups excluding tert-OH is 1. The first-order valence-corrected chi connectivity index (χ1v) is 8.60. The molecule has 1 aromatic rings. The Morgan fingerprint density at radius 1 is 1.17 bits per heavy atom. The average molecular weight is 316 g/mol. The maximum Gasteiger partial charge on any atom is 0.311 e. The highest BCUT2D eigenvalue weighted by Crippen LogP contribution is 2.61. The van der Waals surface area contributed by atoms with Crippen molar-refractivity contribution >= 4 is 5.97 Å². The Morgan fingerprint density at radius 2 is 1.87 bits per heavy atom. The average Bonchev–Trinajstić information content (AvgIpc) is 2.53. The van der Waals surface area contributed by atoms with Gasteiger partial charge in [0.2, 0.25) is 0 Å². The molecule has 4 atom stereocenters. The molecular formula is C20H28O3. The summed E-state index contributed by atoms with van der Waals surface area (Å²) in [4.78, 5) is 12.5. The highest BCUT2D eigenvalue weighted by molar-refractivity contribution is 5.76. The maximum absolute atomic E-state index is 12.5. The fourth-order valence-electron chi connectivity index (χ4n) is 5.65. The van der Waals surface area contributed by atoms with Gasteiger partial charge in [0.25, 0.3) is 0 Å². The van der Waals surface area contributed by atoms with Gasteiger partial charge in [-0.25, -0.2) is 0 Å². The SMILES string of the molecule is COC(=O)C1(C)CC2CC(C)(CO)CC(c3ccccc3)(C2)C1. The lowest BCUT2D eigenvalue weighted by Crippen LogP contribution is -2.53.